The Labute approximate surface area is 253 Å². The maximum Gasteiger partial charge on any atom is 0.244 e. The Bertz CT molecular complexity index is 1540. The SMILES string of the molecule is Cc1ccccc1CN(C(=O)CN(c1ccc2c(c1)OCCO2)S(C)(=O)=O)C(Cc1ccccc1)C(=O)NC1CCCC1. The molecule has 2 amide bonds. The first-order valence-corrected chi connectivity index (χ1v) is 16.6. The Morgan fingerprint density at radius 3 is 2.30 bits per heavy atom. The van der Waals surface area contributed by atoms with E-state index >= 15 is 0 Å². The highest BCUT2D eigenvalue weighted by atomic mass is 32.2. The number of fused-ring (bicyclic) bond motifs is 1. The fourth-order valence-electron chi connectivity index (χ4n) is 5.69. The second kappa shape index (κ2) is 13.5. The molecule has 1 atom stereocenters. The molecule has 1 N–H and O–H groups in total. The van der Waals surface area contributed by atoms with Gasteiger partial charge in [0.05, 0.1) is 11.9 Å². The summed E-state index contributed by atoms with van der Waals surface area (Å²) in [6.07, 6.45) is 5.28. The third-order valence-corrected chi connectivity index (χ3v) is 9.21. The van der Waals surface area contributed by atoms with Crippen LogP contribution in [0.15, 0.2) is 72.8 Å². The van der Waals surface area contributed by atoms with E-state index in [9.17, 15) is 18.0 Å². The Kier molecular flexibility index (Phi) is 9.55. The molecule has 43 heavy (non-hydrogen) atoms. The molecule has 0 bridgehead atoms. The number of sulfonamides is 1. The van der Waals surface area contributed by atoms with Gasteiger partial charge < -0.3 is 19.7 Å². The number of carbonyl (C=O) groups is 2. The number of amides is 2. The van der Waals surface area contributed by atoms with Crippen LogP contribution in [0.1, 0.15) is 42.4 Å². The summed E-state index contributed by atoms with van der Waals surface area (Å²) in [5.41, 5.74) is 3.05. The molecule has 10 heteroatoms. The summed E-state index contributed by atoms with van der Waals surface area (Å²) in [4.78, 5) is 29.8. The lowest BCUT2D eigenvalue weighted by atomic mass is 10.0. The minimum absolute atomic E-state index is 0.0615. The number of rotatable bonds is 11. The lowest BCUT2D eigenvalue weighted by Gasteiger charge is -2.34. The zero-order chi connectivity index (χ0) is 30.4. The van der Waals surface area contributed by atoms with Crippen molar-refractivity contribution >= 4 is 27.5 Å². The van der Waals surface area contributed by atoms with E-state index < -0.39 is 28.5 Å². The Hall–Kier alpha value is -4.05. The van der Waals surface area contributed by atoms with E-state index in [-0.39, 0.29) is 24.2 Å². The average molecular weight is 606 g/mol. The number of hydrogen-bond acceptors (Lipinski definition) is 6. The third-order valence-electron chi connectivity index (χ3n) is 8.07. The fraction of sp³-hybridized carbons (Fsp3) is 0.394. The molecular weight excluding hydrogens is 566 g/mol. The van der Waals surface area contributed by atoms with Crippen LogP contribution >= 0.6 is 0 Å². The van der Waals surface area contributed by atoms with E-state index in [1.165, 1.54) is 4.90 Å². The number of carbonyl (C=O) groups excluding carboxylic acids is 2. The highest BCUT2D eigenvalue weighted by Gasteiger charge is 2.34. The predicted octanol–water partition coefficient (Wildman–Crippen LogP) is 4.23. The summed E-state index contributed by atoms with van der Waals surface area (Å²) in [6.45, 7) is 2.38. The van der Waals surface area contributed by atoms with Crippen molar-refractivity contribution in [1.82, 2.24) is 10.2 Å². The van der Waals surface area contributed by atoms with E-state index in [4.69, 9.17) is 9.47 Å². The first-order chi connectivity index (χ1) is 20.7. The van der Waals surface area contributed by atoms with E-state index in [1.54, 1.807) is 18.2 Å². The molecule has 1 heterocycles. The van der Waals surface area contributed by atoms with Crippen molar-refractivity contribution in [2.24, 2.45) is 0 Å². The molecular formula is C33H39N3O6S. The van der Waals surface area contributed by atoms with Gasteiger partial charge in [-0.05, 0) is 48.6 Å². The molecule has 1 unspecified atom stereocenters. The number of aryl methyl sites for hydroxylation is 1. The van der Waals surface area contributed by atoms with Gasteiger partial charge in [-0.25, -0.2) is 8.42 Å². The Balaban J connectivity index is 1.51. The molecule has 1 aliphatic carbocycles. The third kappa shape index (κ3) is 7.67. The molecule has 1 fully saturated rings. The number of nitrogens with zero attached hydrogens (tertiary/aromatic N) is 2. The molecule has 1 aliphatic heterocycles. The highest BCUT2D eigenvalue weighted by Crippen LogP contribution is 2.35. The van der Waals surface area contributed by atoms with Crippen molar-refractivity contribution < 1.29 is 27.5 Å². The summed E-state index contributed by atoms with van der Waals surface area (Å²) < 4.78 is 38.5. The van der Waals surface area contributed by atoms with E-state index in [1.807, 2.05) is 61.5 Å². The van der Waals surface area contributed by atoms with Crippen LogP contribution in [0.2, 0.25) is 0 Å². The van der Waals surface area contributed by atoms with Gasteiger partial charge in [0.2, 0.25) is 21.8 Å². The molecule has 0 spiro atoms. The first kappa shape index (κ1) is 30.4. The summed E-state index contributed by atoms with van der Waals surface area (Å²) in [5.74, 6) is 0.218. The monoisotopic (exact) mass is 605 g/mol. The van der Waals surface area contributed by atoms with E-state index in [0.717, 1.165) is 52.9 Å². The van der Waals surface area contributed by atoms with Crippen molar-refractivity contribution in [2.45, 2.75) is 57.7 Å². The zero-order valence-electron chi connectivity index (χ0n) is 24.7. The van der Waals surface area contributed by atoms with Gasteiger partial charge in [0, 0.05) is 25.1 Å². The lowest BCUT2D eigenvalue weighted by molar-refractivity contribution is -0.140. The number of nitrogens with one attached hydrogen (secondary N) is 1. The van der Waals surface area contributed by atoms with Crippen molar-refractivity contribution in [3.63, 3.8) is 0 Å². The van der Waals surface area contributed by atoms with Gasteiger partial charge in [0.1, 0.15) is 25.8 Å². The van der Waals surface area contributed by atoms with Gasteiger partial charge in [0.15, 0.2) is 11.5 Å². The summed E-state index contributed by atoms with van der Waals surface area (Å²) in [6, 6.07) is 21.3. The molecule has 3 aromatic carbocycles. The van der Waals surface area contributed by atoms with Gasteiger partial charge in [-0.15, -0.1) is 0 Å². The smallest absolute Gasteiger partial charge is 0.244 e. The van der Waals surface area contributed by atoms with Gasteiger partial charge in [-0.2, -0.15) is 0 Å². The second-order valence-electron chi connectivity index (χ2n) is 11.2. The van der Waals surface area contributed by atoms with Crippen LogP contribution in [0.3, 0.4) is 0 Å². The van der Waals surface area contributed by atoms with Gasteiger partial charge >= 0.3 is 0 Å². The maximum atomic E-state index is 14.3. The Morgan fingerprint density at radius 1 is 0.930 bits per heavy atom. The van der Waals surface area contributed by atoms with E-state index in [2.05, 4.69) is 5.32 Å². The molecule has 0 radical (unpaired) electrons. The fourth-order valence-corrected chi connectivity index (χ4v) is 6.53. The van der Waals surface area contributed by atoms with Gasteiger partial charge in [-0.1, -0.05) is 67.4 Å². The van der Waals surface area contributed by atoms with E-state index in [0.29, 0.717) is 31.1 Å². The van der Waals surface area contributed by atoms with Crippen LogP contribution < -0.4 is 19.1 Å². The minimum Gasteiger partial charge on any atom is -0.486 e. The number of hydrogen-bond donors (Lipinski definition) is 1. The molecule has 1 saturated carbocycles. The molecule has 3 aromatic rings. The average Bonchev–Trinajstić information content (AvgIpc) is 3.51. The van der Waals surface area contributed by atoms with Crippen LogP contribution in [0.5, 0.6) is 11.5 Å². The zero-order valence-corrected chi connectivity index (χ0v) is 25.5. The summed E-state index contributed by atoms with van der Waals surface area (Å²) in [7, 11) is -3.89. The van der Waals surface area contributed by atoms with Crippen molar-refractivity contribution in [3.8, 4) is 11.5 Å². The standard InChI is InChI=1S/C33H39N3O6S/c1-24-10-6-7-13-26(24)22-35(29(20-25-11-4-3-5-12-25)33(38)34-27-14-8-9-15-27)32(37)23-36(43(2,39)40)28-16-17-30-31(21-28)42-19-18-41-30/h3-7,10-13,16-17,21,27,29H,8-9,14-15,18-20,22-23H2,1-2H3,(H,34,38). The number of benzene rings is 3. The Morgan fingerprint density at radius 2 is 1.60 bits per heavy atom. The van der Waals surface area contributed by atoms with Crippen LogP contribution in [0.4, 0.5) is 5.69 Å². The quantitative estimate of drug-likeness (QED) is 0.351. The molecule has 0 aromatic heterocycles. The van der Waals surface area contributed by atoms with Crippen LogP contribution in [0.25, 0.3) is 0 Å². The maximum absolute atomic E-state index is 14.3. The number of anilines is 1. The van der Waals surface area contributed by atoms with Crippen LogP contribution in [-0.4, -0.2) is 63.2 Å². The normalized spacial score (nSPS) is 15.5. The van der Waals surface area contributed by atoms with Crippen LogP contribution in [0, 0.1) is 6.92 Å². The summed E-state index contributed by atoms with van der Waals surface area (Å²) in [5, 5.41) is 3.19. The number of ether oxygens (including phenoxy) is 2. The topological polar surface area (TPSA) is 105 Å². The van der Waals surface area contributed by atoms with Crippen molar-refractivity contribution in [2.75, 3.05) is 30.3 Å². The lowest BCUT2D eigenvalue weighted by Crippen LogP contribution is -2.54. The summed E-state index contributed by atoms with van der Waals surface area (Å²) >= 11 is 0. The van der Waals surface area contributed by atoms with Gasteiger partial charge in [0.25, 0.3) is 0 Å². The minimum atomic E-state index is -3.89. The molecule has 0 saturated heterocycles. The molecule has 9 nitrogen and oxygen atoms in total. The first-order valence-electron chi connectivity index (χ1n) is 14.7. The van der Waals surface area contributed by atoms with Gasteiger partial charge in [-0.3, -0.25) is 13.9 Å². The van der Waals surface area contributed by atoms with Crippen LogP contribution in [-0.2, 0) is 32.6 Å². The largest absolute Gasteiger partial charge is 0.486 e. The molecule has 228 valence electrons. The highest BCUT2D eigenvalue weighted by molar-refractivity contribution is 7.92. The molecule has 5 rings (SSSR count). The van der Waals surface area contributed by atoms with Crippen molar-refractivity contribution in [1.29, 1.82) is 0 Å². The predicted molar refractivity (Wildman–Crippen MR) is 166 cm³/mol. The molecule has 2 aliphatic rings. The van der Waals surface area contributed by atoms with Crippen molar-refractivity contribution in [3.05, 3.63) is 89.5 Å². The second-order valence-corrected chi connectivity index (χ2v) is 13.1.